The minimum absolute atomic E-state index is 0.0484. The lowest BCUT2D eigenvalue weighted by atomic mass is 10.0. The molecular weight excluding hydrogens is 258 g/mol. The first-order valence-electron chi connectivity index (χ1n) is 5.83. The van der Waals surface area contributed by atoms with Crippen LogP contribution in [0.15, 0.2) is 42.7 Å². The number of imide groups is 1. The second-order valence-electron chi connectivity index (χ2n) is 4.25. The van der Waals surface area contributed by atoms with E-state index in [2.05, 4.69) is 4.98 Å². The molecular formula is C14H9N3O3. The van der Waals surface area contributed by atoms with E-state index in [9.17, 15) is 14.4 Å². The maximum Gasteiger partial charge on any atom is 0.267 e. The van der Waals surface area contributed by atoms with E-state index in [1.807, 2.05) is 0 Å². The highest BCUT2D eigenvalue weighted by atomic mass is 16.2. The number of hydrogen-bond donors (Lipinski definition) is 1. The van der Waals surface area contributed by atoms with Crippen molar-refractivity contribution >= 4 is 23.4 Å². The van der Waals surface area contributed by atoms with Gasteiger partial charge in [0.2, 0.25) is 5.91 Å². The van der Waals surface area contributed by atoms with Crippen LogP contribution in [0.25, 0.3) is 0 Å². The average Bonchev–Trinajstić information content (AvgIpc) is 2.72. The summed E-state index contributed by atoms with van der Waals surface area (Å²) in [6.45, 7) is 0. The Morgan fingerprint density at radius 1 is 1.10 bits per heavy atom. The van der Waals surface area contributed by atoms with Crippen molar-refractivity contribution in [1.29, 1.82) is 0 Å². The van der Waals surface area contributed by atoms with Gasteiger partial charge >= 0.3 is 0 Å². The number of fused-ring (bicyclic) bond motifs is 1. The predicted molar refractivity (Wildman–Crippen MR) is 70.3 cm³/mol. The van der Waals surface area contributed by atoms with Crippen LogP contribution in [0, 0.1) is 0 Å². The molecule has 0 radical (unpaired) electrons. The summed E-state index contributed by atoms with van der Waals surface area (Å²) in [5.74, 6) is -1.79. The van der Waals surface area contributed by atoms with E-state index in [1.54, 1.807) is 12.1 Å². The van der Waals surface area contributed by atoms with Crippen LogP contribution in [-0.4, -0.2) is 22.7 Å². The molecule has 1 aliphatic rings. The highest BCUT2D eigenvalue weighted by molar-refractivity contribution is 6.36. The van der Waals surface area contributed by atoms with E-state index >= 15 is 0 Å². The third kappa shape index (κ3) is 1.58. The SMILES string of the molecule is NC(=O)c1cccc2c1C(=O)N(c1cccnc1)C2=O. The fourth-order valence-electron chi connectivity index (χ4n) is 2.21. The summed E-state index contributed by atoms with van der Waals surface area (Å²) in [7, 11) is 0. The zero-order chi connectivity index (χ0) is 14.3. The summed E-state index contributed by atoms with van der Waals surface area (Å²) >= 11 is 0. The van der Waals surface area contributed by atoms with E-state index in [1.165, 1.54) is 30.6 Å². The molecule has 20 heavy (non-hydrogen) atoms. The molecule has 6 heteroatoms. The summed E-state index contributed by atoms with van der Waals surface area (Å²) in [6.07, 6.45) is 2.95. The van der Waals surface area contributed by atoms with E-state index in [-0.39, 0.29) is 16.7 Å². The van der Waals surface area contributed by atoms with Crippen LogP contribution < -0.4 is 10.6 Å². The lowest BCUT2D eigenvalue weighted by molar-refractivity contribution is 0.0918. The van der Waals surface area contributed by atoms with Crippen LogP contribution >= 0.6 is 0 Å². The molecule has 0 spiro atoms. The second kappa shape index (κ2) is 4.27. The molecule has 0 unspecified atom stereocenters. The summed E-state index contributed by atoms with van der Waals surface area (Å²) in [6, 6.07) is 7.67. The first-order valence-corrected chi connectivity index (χ1v) is 5.83. The zero-order valence-corrected chi connectivity index (χ0v) is 10.2. The number of nitrogens with zero attached hydrogens (tertiary/aromatic N) is 2. The fourth-order valence-corrected chi connectivity index (χ4v) is 2.21. The number of anilines is 1. The van der Waals surface area contributed by atoms with Crippen molar-refractivity contribution < 1.29 is 14.4 Å². The Labute approximate surface area is 113 Å². The minimum atomic E-state index is -0.740. The number of pyridine rings is 1. The molecule has 3 rings (SSSR count). The van der Waals surface area contributed by atoms with Crippen molar-refractivity contribution in [1.82, 2.24) is 4.98 Å². The molecule has 0 saturated heterocycles. The quantitative estimate of drug-likeness (QED) is 0.821. The van der Waals surface area contributed by atoms with Gasteiger partial charge in [-0.2, -0.15) is 0 Å². The highest BCUT2D eigenvalue weighted by Gasteiger charge is 2.39. The first kappa shape index (κ1) is 12.0. The third-order valence-corrected chi connectivity index (χ3v) is 3.08. The number of amides is 3. The molecule has 98 valence electrons. The Morgan fingerprint density at radius 2 is 1.90 bits per heavy atom. The molecule has 0 atom stereocenters. The number of nitrogens with two attached hydrogens (primary N) is 1. The van der Waals surface area contributed by atoms with E-state index < -0.39 is 17.7 Å². The van der Waals surface area contributed by atoms with Gasteiger partial charge in [0, 0.05) is 6.20 Å². The van der Waals surface area contributed by atoms with Crippen molar-refractivity contribution in [3.05, 3.63) is 59.4 Å². The number of hydrogen-bond acceptors (Lipinski definition) is 4. The maximum atomic E-state index is 12.4. The van der Waals surface area contributed by atoms with Crippen molar-refractivity contribution in [2.45, 2.75) is 0 Å². The molecule has 0 bridgehead atoms. The molecule has 0 fully saturated rings. The van der Waals surface area contributed by atoms with Gasteiger partial charge in [0.1, 0.15) is 0 Å². The minimum Gasteiger partial charge on any atom is -0.366 e. The van der Waals surface area contributed by atoms with Crippen LogP contribution in [0.4, 0.5) is 5.69 Å². The number of primary amides is 1. The number of benzene rings is 1. The molecule has 0 aliphatic carbocycles. The number of carbonyl (C=O) groups is 3. The second-order valence-corrected chi connectivity index (χ2v) is 4.25. The lowest BCUT2D eigenvalue weighted by Crippen LogP contribution is -2.30. The largest absolute Gasteiger partial charge is 0.366 e. The summed E-state index contributed by atoms with van der Waals surface area (Å²) in [5.41, 5.74) is 5.88. The van der Waals surface area contributed by atoms with E-state index in [0.717, 1.165) is 4.90 Å². The Bertz CT molecular complexity index is 741. The smallest absolute Gasteiger partial charge is 0.267 e. The average molecular weight is 267 g/mol. The van der Waals surface area contributed by atoms with Crippen LogP contribution in [0.1, 0.15) is 31.1 Å². The molecule has 1 aromatic heterocycles. The van der Waals surface area contributed by atoms with E-state index in [0.29, 0.717) is 5.69 Å². The summed E-state index contributed by atoms with van der Waals surface area (Å²) in [5, 5.41) is 0. The van der Waals surface area contributed by atoms with Gasteiger partial charge in [-0.15, -0.1) is 0 Å². The van der Waals surface area contributed by atoms with Gasteiger partial charge in [-0.3, -0.25) is 19.4 Å². The Morgan fingerprint density at radius 3 is 2.55 bits per heavy atom. The molecule has 6 nitrogen and oxygen atoms in total. The molecule has 2 heterocycles. The molecule has 3 amide bonds. The standard InChI is InChI=1S/C14H9N3O3/c15-12(18)9-4-1-5-10-11(9)14(20)17(13(10)19)8-3-2-6-16-7-8/h1-7H,(H2,15,18). The Kier molecular flexibility index (Phi) is 2.57. The van der Waals surface area contributed by atoms with Gasteiger partial charge in [0.05, 0.1) is 28.6 Å². The van der Waals surface area contributed by atoms with Crippen molar-refractivity contribution in [2.24, 2.45) is 5.73 Å². The topological polar surface area (TPSA) is 93.4 Å². The van der Waals surface area contributed by atoms with Crippen LogP contribution in [0.5, 0.6) is 0 Å². The first-order chi connectivity index (χ1) is 9.61. The van der Waals surface area contributed by atoms with Gasteiger partial charge in [-0.05, 0) is 24.3 Å². The molecule has 0 saturated carbocycles. The fraction of sp³-hybridized carbons (Fsp3) is 0. The molecule has 1 aliphatic heterocycles. The summed E-state index contributed by atoms with van der Waals surface area (Å²) < 4.78 is 0. The normalized spacial score (nSPS) is 13.5. The van der Waals surface area contributed by atoms with Crippen LogP contribution in [0.2, 0.25) is 0 Å². The number of carbonyl (C=O) groups excluding carboxylic acids is 3. The van der Waals surface area contributed by atoms with Crippen molar-refractivity contribution in [3.63, 3.8) is 0 Å². The van der Waals surface area contributed by atoms with Gasteiger partial charge in [0.25, 0.3) is 11.8 Å². The highest BCUT2D eigenvalue weighted by Crippen LogP contribution is 2.29. The van der Waals surface area contributed by atoms with Crippen LogP contribution in [0.3, 0.4) is 0 Å². The number of rotatable bonds is 2. The monoisotopic (exact) mass is 267 g/mol. The molecule has 2 N–H and O–H groups in total. The van der Waals surface area contributed by atoms with E-state index in [4.69, 9.17) is 5.73 Å². The summed E-state index contributed by atoms with van der Waals surface area (Å²) in [4.78, 5) is 41.0. The predicted octanol–water partition coefficient (Wildman–Crippen LogP) is 0.981. The lowest BCUT2D eigenvalue weighted by Gasteiger charge is -2.12. The number of aromatic nitrogens is 1. The third-order valence-electron chi connectivity index (χ3n) is 3.08. The van der Waals surface area contributed by atoms with Crippen molar-refractivity contribution in [3.8, 4) is 0 Å². The van der Waals surface area contributed by atoms with Gasteiger partial charge in [-0.25, -0.2) is 4.90 Å². The Balaban J connectivity index is 2.18. The maximum absolute atomic E-state index is 12.4. The van der Waals surface area contributed by atoms with Crippen LogP contribution in [-0.2, 0) is 0 Å². The molecule has 1 aromatic carbocycles. The van der Waals surface area contributed by atoms with Crippen molar-refractivity contribution in [2.75, 3.05) is 4.90 Å². The van der Waals surface area contributed by atoms with Gasteiger partial charge in [-0.1, -0.05) is 6.07 Å². The zero-order valence-electron chi connectivity index (χ0n) is 10.2. The van der Waals surface area contributed by atoms with Gasteiger partial charge < -0.3 is 5.73 Å². The van der Waals surface area contributed by atoms with Gasteiger partial charge in [0.15, 0.2) is 0 Å². The molecule has 2 aromatic rings. The Hall–Kier alpha value is -3.02.